The predicted molar refractivity (Wildman–Crippen MR) is 67.6 cm³/mol. The number of rotatable bonds is 1. The second-order valence-electron chi connectivity index (χ2n) is 5.25. The second-order valence-corrected chi connectivity index (χ2v) is 5.25. The summed E-state index contributed by atoms with van der Waals surface area (Å²) in [7, 11) is 0. The molecule has 2 N–H and O–H groups in total. The number of fused-ring (bicyclic) bond motifs is 3. The third-order valence-corrected chi connectivity index (χ3v) is 4.29. The number of hydrogen-bond donors (Lipinski definition) is 1. The Hall–Kier alpha value is -1.09. The lowest BCUT2D eigenvalue weighted by Crippen LogP contribution is -2.46. The van der Waals surface area contributed by atoms with Crippen molar-refractivity contribution in [2.75, 3.05) is 18.0 Å². The maximum absolute atomic E-state index is 13.7. The highest BCUT2D eigenvalue weighted by molar-refractivity contribution is 5.57. The molecule has 2 heterocycles. The van der Waals surface area contributed by atoms with E-state index in [1.165, 1.54) is 6.42 Å². The van der Waals surface area contributed by atoms with Crippen molar-refractivity contribution in [1.82, 2.24) is 0 Å². The summed E-state index contributed by atoms with van der Waals surface area (Å²) in [4.78, 5) is 2.40. The summed E-state index contributed by atoms with van der Waals surface area (Å²) in [6, 6.07) is 6.04. The number of piperidine rings is 1. The fraction of sp³-hybridized carbons (Fsp3) is 0.571. The first kappa shape index (κ1) is 11.0. The van der Waals surface area contributed by atoms with E-state index in [1.54, 1.807) is 6.07 Å². The zero-order chi connectivity index (χ0) is 11.8. The second kappa shape index (κ2) is 4.30. The zero-order valence-corrected chi connectivity index (χ0v) is 10.0. The molecule has 1 aromatic rings. The number of nitrogens with two attached hydrogens (primary N) is 1. The Labute approximate surface area is 102 Å². The largest absolute Gasteiger partial charge is 0.368 e. The maximum Gasteiger partial charge on any atom is 0.128 e. The van der Waals surface area contributed by atoms with Gasteiger partial charge in [-0.25, -0.2) is 4.39 Å². The summed E-state index contributed by atoms with van der Waals surface area (Å²) < 4.78 is 13.7. The van der Waals surface area contributed by atoms with Gasteiger partial charge >= 0.3 is 0 Å². The fourth-order valence-corrected chi connectivity index (χ4v) is 3.31. The van der Waals surface area contributed by atoms with Crippen LogP contribution in [-0.4, -0.2) is 19.1 Å². The first-order valence-electron chi connectivity index (χ1n) is 6.53. The summed E-state index contributed by atoms with van der Waals surface area (Å²) >= 11 is 0. The van der Waals surface area contributed by atoms with E-state index in [1.807, 2.05) is 6.07 Å². The predicted octanol–water partition coefficient (Wildman–Crippen LogP) is 2.32. The molecule has 1 saturated heterocycles. The third-order valence-electron chi connectivity index (χ3n) is 4.29. The molecule has 1 fully saturated rings. The van der Waals surface area contributed by atoms with Crippen molar-refractivity contribution >= 4 is 5.69 Å². The molecule has 2 nitrogen and oxygen atoms in total. The number of hydrogen-bond acceptors (Lipinski definition) is 2. The van der Waals surface area contributed by atoms with Gasteiger partial charge in [0.1, 0.15) is 5.82 Å². The summed E-state index contributed by atoms with van der Waals surface area (Å²) in [5.74, 6) is 0.619. The van der Waals surface area contributed by atoms with Gasteiger partial charge in [0.2, 0.25) is 0 Å². The average molecular weight is 234 g/mol. The molecule has 0 saturated carbocycles. The third kappa shape index (κ3) is 1.82. The quantitative estimate of drug-likeness (QED) is 0.808. The monoisotopic (exact) mass is 234 g/mol. The molecular weight excluding hydrogens is 215 g/mol. The van der Waals surface area contributed by atoms with Crippen molar-refractivity contribution in [3.05, 3.63) is 29.6 Å². The first-order chi connectivity index (χ1) is 8.29. The van der Waals surface area contributed by atoms with Crippen molar-refractivity contribution in [2.24, 2.45) is 11.7 Å². The molecule has 0 radical (unpaired) electrons. The van der Waals surface area contributed by atoms with E-state index in [2.05, 4.69) is 11.0 Å². The molecule has 0 aromatic heterocycles. The molecule has 1 aromatic carbocycles. The smallest absolute Gasteiger partial charge is 0.128 e. The van der Waals surface area contributed by atoms with Gasteiger partial charge in [-0.05, 0) is 50.3 Å². The van der Waals surface area contributed by atoms with Crippen LogP contribution in [0.25, 0.3) is 0 Å². The minimum atomic E-state index is -0.0399. The zero-order valence-electron chi connectivity index (χ0n) is 10.0. The minimum absolute atomic E-state index is 0.0399. The van der Waals surface area contributed by atoms with Crippen LogP contribution in [-0.2, 0) is 6.42 Å². The molecule has 0 spiro atoms. The van der Waals surface area contributed by atoms with Crippen LogP contribution in [0.15, 0.2) is 18.2 Å². The van der Waals surface area contributed by atoms with Crippen molar-refractivity contribution in [1.29, 1.82) is 0 Å². The number of nitrogens with zero attached hydrogens (tertiary/aromatic N) is 1. The Kier molecular flexibility index (Phi) is 2.79. The SMILES string of the molecule is NCC1CCN2c3cccc(F)c3CCC2C1. The van der Waals surface area contributed by atoms with E-state index < -0.39 is 0 Å². The summed E-state index contributed by atoms with van der Waals surface area (Å²) in [6.07, 6.45) is 4.26. The average Bonchev–Trinajstić information content (AvgIpc) is 2.38. The van der Waals surface area contributed by atoms with Gasteiger partial charge in [-0.1, -0.05) is 6.07 Å². The highest BCUT2D eigenvalue weighted by Crippen LogP contribution is 2.37. The summed E-state index contributed by atoms with van der Waals surface area (Å²) in [6.45, 7) is 1.82. The molecule has 2 atom stereocenters. The van der Waals surface area contributed by atoms with Gasteiger partial charge in [-0.15, -0.1) is 0 Å². The van der Waals surface area contributed by atoms with Crippen LogP contribution >= 0.6 is 0 Å². The molecule has 3 heteroatoms. The van der Waals surface area contributed by atoms with Gasteiger partial charge in [-0.3, -0.25) is 0 Å². The van der Waals surface area contributed by atoms with Gasteiger partial charge in [-0.2, -0.15) is 0 Å². The van der Waals surface area contributed by atoms with E-state index in [9.17, 15) is 4.39 Å². The number of anilines is 1. The van der Waals surface area contributed by atoms with Gasteiger partial charge < -0.3 is 10.6 Å². The minimum Gasteiger partial charge on any atom is -0.368 e. The molecule has 0 aliphatic carbocycles. The Morgan fingerprint density at radius 2 is 2.24 bits per heavy atom. The normalized spacial score (nSPS) is 27.5. The maximum atomic E-state index is 13.7. The molecule has 0 amide bonds. The van der Waals surface area contributed by atoms with Crippen molar-refractivity contribution < 1.29 is 4.39 Å². The Bertz CT molecular complexity index is 419. The van der Waals surface area contributed by atoms with E-state index >= 15 is 0 Å². The Morgan fingerprint density at radius 3 is 3.06 bits per heavy atom. The van der Waals surface area contributed by atoms with Gasteiger partial charge in [0.25, 0.3) is 0 Å². The van der Waals surface area contributed by atoms with E-state index in [-0.39, 0.29) is 5.82 Å². The van der Waals surface area contributed by atoms with Gasteiger partial charge in [0.15, 0.2) is 0 Å². The van der Waals surface area contributed by atoms with Crippen LogP contribution in [0, 0.1) is 11.7 Å². The van der Waals surface area contributed by atoms with Crippen LogP contribution in [0.4, 0.5) is 10.1 Å². The molecule has 2 unspecified atom stereocenters. The van der Waals surface area contributed by atoms with Gasteiger partial charge in [0.05, 0.1) is 0 Å². The topological polar surface area (TPSA) is 29.3 Å². The number of halogens is 1. The molecular formula is C14H19FN2. The van der Waals surface area contributed by atoms with Crippen LogP contribution < -0.4 is 10.6 Å². The molecule has 0 bridgehead atoms. The fourth-order valence-electron chi connectivity index (χ4n) is 3.31. The molecule has 2 aliphatic heterocycles. The van der Waals surface area contributed by atoms with E-state index in [0.717, 1.165) is 43.6 Å². The Balaban J connectivity index is 1.90. The van der Waals surface area contributed by atoms with Crippen molar-refractivity contribution in [2.45, 2.75) is 31.7 Å². The lowest BCUT2D eigenvalue weighted by atomic mass is 9.84. The van der Waals surface area contributed by atoms with Crippen LogP contribution in [0.2, 0.25) is 0 Å². The van der Waals surface area contributed by atoms with E-state index in [4.69, 9.17) is 5.73 Å². The lowest BCUT2D eigenvalue weighted by Gasteiger charge is -2.44. The highest BCUT2D eigenvalue weighted by Gasteiger charge is 2.32. The standard InChI is InChI=1S/C14H19FN2/c15-13-2-1-3-14-12(13)5-4-11-8-10(9-16)6-7-17(11)14/h1-3,10-11H,4-9,16H2. The number of benzene rings is 1. The van der Waals surface area contributed by atoms with Gasteiger partial charge in [0, 0.05) is 23.8 Å². The van der Waals surface area contributed by atoms with Crippen LogP contribution in [0.3, 0.4) is 0 Å². The first-order valence-corrected chi connectivity index (χ1v) is 6.53. The molecule has 2 aliphatic rings. The molecule has 3 rings (SSSR count). The lowest BCUT2D eigenvalue weighted by molar-refractivity contribution is 0.326. The Morgan fingerprint density at radius 1 is 1.35 bits per heavy atom. The van der Waals surface area contributed by atoms with Crippen LogP contribution in [0.5, 0.6) is 0 Å². The highest BCUT2D eigenvalue weighted by atomic mass is 19.1. The van der Waals surface area contributed by atoms with Crippen molar-refractivity contribution in [3.63, 3.8) is 0 Å². The van der Waals surface area contributed by atoms with Crippen LogP contribution in [0.1, 0.15) is 24.8 Å². The van der Waals surface area contributed by atoms with Crippen molar-refractivity contribution in [3.8, 4) is 0 Å². The van der Waals surface area contributed by atoms with E-state index in [0.29, 0.717) is 12.0 Å². The summed E-state index contributed by atoms with van der Waals surface area (Å²) in [5.41, 5.74) is 7.80. The molecule has 92 valence electrons. The molecule has 17 heavy (non-hydrogen) atoms. The summed E-state index contributed by atoms with van der Waals surface area (Å²) in [5, 5.41) is 0.